The van der Waals surface area contributed by atoms with E-state index in [4.69, 9.17) is 17.3 Å². The van der Waals surface area contributed by atoms with Gasteiger partial charge in [-0.3, -0.25) is 5.10 Å². The largest absolute Gasteiger partial charge is 0.382 e. The molecule has 21 heavy (non-hydrogen) atoms. The Morgan fingerprint density at radius 3 is 2.57 bits per heavy atom. The first kappa shape index (κ1) is 14.1. The maximum absolute atomic E-state index is 14.3. The molecular weight excluding hydrogens is 357 g/mol. The van der Waals surface area contributed by atoms with E-state index in [2.05, 4.69) is 26.1 Å². The summed E-state index contributed by atoms with van der Waals surface area (Å²) in [7, 11) is 0. The van der Waals surface area contributed by atoms with Crippen molar-refractivity contribution in [1.82, 2.24) is 10.2 Å². The fraction of sp³-hybridized carbons (Fsp3) is 0. The third-order valence-corrected chi connectivity index (χ3v) is 4.01. The molecule has 1 aromatic heterocycles. The van der Waals surface area contributed by atoms with Crippen LogP contribution >= 0.6 is 27.5 Å². The van der Waals surface area contributed by atoms with Gasteiger partial charge in [-0.25, -0.2) is 4.39 Å². The Labute approximate surface area is 134 Å². The maximum Gasteiger partial charge on any atom is 0.153 e. The molecule has 0 fully saturated rings. The molecule has 0 spiro atoms. The fourth-order valence-corrected chi connectivity index (χ4v) is 2.65. The lowest BCUT2D eigenvalue weighted by molar-refractivity contribution is 0.624. The number of aromatic nitrogens is 2. The summed E-state index contributed by atoms with van der Waals surface area (Å²) >= 11 is 9.08. The summed E-state index contributed by atoms with van der Waals surface area (Å²) in [5, 5.41) is 7.42. The summed E-state index contributed by atoms with van der Waals surface area (Å²) in [6.45, 7) is 0. The normalized spacial score (nSPS) is 10.8. The molecule has 0 amide bonds. The van der Waals surface area contributed by atoms with Crippen molar-refractivity contribution in [2.75, 3.05) is 5.73 Å². The van der Waals surface area contributed by atoms with Crippen molar-refractivity contribution < 1.29 is 4.39 Å². The molecule has 0 radical (unpaired) electrons. The molecule has 3 N–H and O–H groups in total. The van der Waals surface area contributed by atoms with E-state index in [1.165, 1.54) is 0 Å². The molecule has 0 saturated heterocycles. The molecule has 3 nitrogen and oxygen atoms in total. The SMILES string of the molecule is Nc1n[nH]c(-c2cccc(Br)c2F)c1-c1ccc(Cl)cc1. The van der Waals surface area contributed by atoms with Crippen LogP contribution in [0.2, 0.25) is 5.02 Å². The summed E-state index contributed by atoms with van der Waals surface area (Å²) in [4.78, 5) is 0. The number of benzene rings is 2. The molecular formula is C15H10BrClFN3. The van der Waals surface area contributed by atoms with Gasteiger partial charge in [0.2, 0.25) is 0 Å². The topological polar surface area (TPSA) is 54.7 Å². The highest BCUT2D eigenvalue weighted by Crippen LogP contribution is 2.37. The van der Waals surface area contributed by atoms with Gasteiger partial charge in [0.05, 0.1) is 15.7 Å². The average molecular weight is 367 g/mol. The quantitative estimate of drug-likeness (QED) is 0.679. The standard InChI is InChI=1S/C15H10BrClFN3/c16-11-3-1-2-10(13(11)18)14-12(15(19)21-20-14)8-4-6-9(17)7-5-8/h1-7H,(H3,19,20,21). The maximum atomic E-state index is 14.3. The first-order chi connectivity index (χ1) is 10.1. The summed E-state index contributed by atoms with van der Waals surface area (Å²) < 4.78 is 14.7. The van der Waals surface area contributed by atoms with Crippen LogP contribution in [-0.2, 0) is 0 Å². The molecule has 1 heterocycles. The van der Waals surface area contributed by atoms with Crippen molar-refractivity contribution in [3.05, 3.63) is 57.8 Å². The van der Waals surface area contributed by atoms with Crippen LogP contribution in [-0.4, -0.2) is 10.2 Å². The van der Waals surface area contributed by atoms with Crippen LogP contribution in [0.5, 0.6) is 0 Å². The number of nitrogens with zero attached hydrogens (tertiary/aromatic N) is 1. The summed E-state index contributed by atoms with van der Waals surface area (Å²) in [6.07, 6.45) is 0. The predicted molar refractivity (Wildman–Crippen MR) is 86.5 cm³/mol. The van der Waals surface area contributed by atoms with Crippen LogP contribution < -0.4 is 5.73 Å². The van der Waals surface area contributed by atoms with Gasteiger partial charge in [-0.15, -0.1) is 0 Å². The third kappa shape index (κ3) is 2.54. The first-order valence-electron chi connectivity index (χ1n) is 6.12. The minimum Gasteiger partial charge on any atom is -0.382 e. The minimum atomic E-state index is -0.364. The zero-order valence-corrected chi connectivity index (χ0v) is 13.0. The lowest BCUT2D eigenvalue weighted by Gasteiger charge is -2.07. The number of anilines is 1. The summed E-state index contributed by atoms with van der Waals surface area (Å²) in [5.74, 6) is -0.0527. The van der Waals surface area contributed by atoms with Gasteiger partial charge < -0.3 is 5.73 Å². The molecule has 2 aromatic carbocycles. The van der Waals surface area contributed by atoms with Crippen LogP contribution in [0.15, 0.2) is 46.9 Å². The molecule has 0 atom stereocenters. The van der Waals surface area contributed by atoms with E-state index in [1.807, 2.05) is 12.1 Å². The summed E-state index contributed by atoms with van der Waals surface area (Å²) in [5.41, 5.74) is 8.34. The molecule has 6 heteroatoms. The number of hydrogen-bond acceptors (Lipinski definition) is 2. The molecule has 106 valence electrons. The minimum absolute atomic E-state index is 0.312. The van der Waals surface area contributed by atoms with Crippen molar-refractivity contribution in [2.24, 2.45) is 0 Å². The van der Waals surface area contributed by atoms with Crippen molar-refractivity contribution in [2.45, 2.75) is 0 Å². The van der Waals surface area contributed by atoms with E-state index in [0.717, 1.165) is 5.56 Å². The van der Waals surface area contributed by atoms with Gasteiger partial charge in [0, 0.05) is 10.6 Å². The molecule has 0 unspecified atom stereocenters. The Morgan fingerprint density at radius 1 is 1.14 bits per heavy atom. The molecule has 3 rings (SSSR count). The lowest BCUT2D eigenvalue weighted by Crippen LogP contribution is -1.91. The zero-order valence-electron chi connectivity index (χ0n) is 10.7. The van der Waals surface area contributed by atoms with Crippen LogP contribution in [0.3, 0.4) is 0 Å². The van der Waals surface area contributed by atoms with Crippen molar-refractivity contribution >= 4 is 33.3 Å². The smallest absolute Gasteiger partial charge is 0.153 e. The van der Waals surface area contributed by atoms with Gasteiger partial charge in [0.1, 0.15) is 5.82 Å². The van der Waals surface area contributed by atoms with E-state index in [0.29, 0.717) is 32.1 Å². The van der Waals surface area contributed by atoms with Crippen LogP contribution in [0.1, 0.15) is 0 Å². The van der Waals surface area contributed by atoms with Crippen molar-refractivity contribution in [1.29, 1.82) is 0 Å². The van der Waals surface area contributed by atoms with E-state index in [-0.39, 0.29) is 5.82 Å². The van der Waals surface area contributed by atoms with Crippen LogP contribution in [0.4, 0.5) is 10.2 Å². The van der Waals surface area contributed by atoms with Gasteiger partial charge in [0.25, 0.3) is 0 Å². The second kappa shape index (κ2) is 5.50. The van der Waals surface area contributed by atoms with Gasteiger partial charge in [-0.1, -0.05) is 29.8 Å². The summed E-state index contributed by atoms with van der Waals surface area (Å²) in [6, 6.07) is 12.2. The molecule has 0 aliphatic heterocycles. The monoisotopic (exact) mass is 365 g/mol. The molecule has 0 aliphatic carbocycles. The second-order valence-electron chi connectivity index (χ2n) is 4.47. The number of nitrogens with two attached hydrogens (primary N) is 1. The Kier molecular flexibility index (Phi) is 3.69. The Balaban J connectivity index is 2.22. The van der Waals surface area contributed by atoms with E-state index < -0.39 is 0 Å². The number of H-pyrrole nitrogens is 1. The van der Waals surface area contributed by atoms with Gasteiger partial charge in [-0.2, -0.15) is 5.10 Å². The zero-order chi connectivity index (χ0) is 15.0. The Hall–Kier alpha value is -1.85. The average Bonchev–Trinajstić information content (AvgIpc) is 2.85. The van der Waals surface area contributed by atoms with Crippen molar-refractivity contribution in [3.63, 3.8) is 0 Å². The molecule has 3 aromatic rings. The van der Waals surface area contributed by atoms with E-state index in [9.17, 15) is 4.39 Å². The van der Waals surface area contributed by atoms with E-state index >= 15 is 0 Å². The number of nitrogen functional groups attached to an aromatic ring is 1. The lowest BCUT2D eigenvalue weighted by atomic mass is 10.0. The van der Waals surface area contributed by atoms with Crippen LogP contribution in [0.25, 0.3) is 22.4 Å². The molecule has 0 saturated carbocycles. The highest BCUT2D eigenvalue weighted by Gasteiger charge is 2.18. The number of nitrogens with one attached hydrogen (secondary N) is 1. The Bertz CT molecular complexity index is 799. The number of halogens is 3. The first-order valence-corrected chi connectivity index (χ1v) is 7.29. The highest BCUT2D eigenvalue weighted by atomic mass is 79.9. The number of hydrogen-bond donors (Lipinski definition) is 2. The number of rotatable bonds is 2. The van der Waals surface area contributed by atoms with Gasteiger partial charge >= 0.3 is 0 Å². The highest BCUT2D eigenvalue weighted by molar-refractivity contribution is 9.10. The number of aromatic amines is 1. The van der Waals surface area contributed by atoms with Gasteiger partial charge in [-0.05, 0) is 45.8 Å². The van der Waals surface area contributed by atoms with Crippen molar-refractivity contribution in [3.8, 4) is 22.4 Å². The van der Waals surface area contributed by atoms with Gasteiger partial charge in [0.15, 0.2) is 5.82 Å². The predicted octanol–water partition coefficient (Wildman–Crippen LogP) is 4.88. The third-order valence-electron chi connectivity index (χ3n) is 3.15. The fourth-order valence-electron chi connectivity index (χ4n) is 2.16. The molecule has 0 aliphatic rings. The van der Waals surface area contributed by atoms with Crippen LogP contribution in [0, 0.1) is 5.82 Å². The Morgan fingerprint density at radius 2 is 1.86 bits per heavy atom. The second-order valence-corrected chi connectivity index (χ2v) is 5.76. The van der Waals surface area contributed by atoms with E-state index in [1.54, 1.807) is 30.3 Å². The molecule has 0 bridgehead atoms.